The Morgan fingerprint density at radius 2 is 2.00 bits per heavy atom. The maximum atomic E-state index is 12.2. The predicted molar refractivity (Wildman–Crippen MR) is 115 cm³/mol. The maximum absolute atomic E-state index is 12.2. The first-order valence-electron chi connectivity index (χ1n) is 8.65. The highest BCUT2D eigenvalue weighted by Gasteiger charge is 2.33. The average molecular weight is 432 g/mol. The lowest BCUT2D eigenvalue weighted by Gasteiger charge is -2.08. The average Bonchev–Trinajstić information content (AvgIpc) is 2.99. The van der Waals surface area contributed by atoms with Crippen LogP contribution in [0, 0.1) is 0 Å². The fourth-order valence-corrected chi connectivity index (χ4v) is 3.83. The molecule has 1 aliphatic rings. The number of thioether (sulfide) groups is 1. The smallest absolute Gasteiger partial charge is 0.344 e. The Morgan fingerprint density at radius 1 is 1.24 bits per heavy atom. The van der Waals surface area contributed by atoms with Crippen molar-refractivity contribution in [2.45, 2.75) is 6.92 Å². The number of phenolic OH excluding ortho intramolecular Hbond substituents is 1. The molecule has 29 heavy (non-hydrogen) atoms. The fraction of sp³-hybridized carbons (Fsp3) is 0.143. The van der Waals surface area contributed by atoms with Crippen molar-refractivity contribution in [2.24, 2.45) is 4.99 Å². The van der Waals surface area contributed by atoms with Crippen molar-refractivity contribution in [3.05, 3.63) is 69.3 Å². The second-order valence-corrected chi connectivity index (χ2v) is 7.32. The van der Waals surface area contributed by atoms with Crippen LogP contribution in [0.4, 0.5) is 5.69 Å². The van der Waals surface area contributed by atoms with Gasteiger partial charge in [0.2, 0.25) is 0 Å². The number of methoxy groups -OCH3 is 1. The number of aliphatic hydroxyl groups is 1. The molecule has 3 rings (SSSR count). The molecule has 0 amide bonds. The van der Waals surface area contributed by atoms with Gasteiger partial charge in [-0.15, -0.1) is 0 Å². The van der Waals surface area contributed by atoms with Crippen molar-refractivity contribution >= 4 is 46.1 Å². The van der Waals surface area contributed by atoms with Crippen LogP contribution in [0.3, 0.4) is 0 Å². The van der Waals surface area contributed by atoms with E-state index >= 15 is 0 Å². The summed E-state index contributed by atoms with van der Waals surface area (Å²) in [5, 5.41) is 21.8. The summed E-state index contributed by atoms with van der Waals surface area (Å²) in [6.45, 7) is 2.21. The van der Waals surface area contributed by atoms with Crippen molar-refractivity contribution in [1.82, 2.24) is 0 Å². The normalized spacial score (nSPS) is 16.5. The first kappa shape index (κ1) is 20.8. The summed E-state index contributed by atoms with van der Waals surface area (Å²) in [6.07, 6.45) is 1.56. The van der Waals surface area contributed by atoms with E-state index in [1.165, 1.54) is 7.11 Å². The van der Waals surface area contributed by atoms with Crippen LogP contribution in [0.15, 0.2) is 63.7 Å². The molecule has 2 aromatic carbocycles. The Kier molecular flexibility index (Phi) is 6.51. The number of hydrogen-bond donors (Lipinski definition) is 2. The lowest BCUT2D eigenvalue weighted by atomic mass is 10.1. The van der Waals surface area contributed by atoms with Crippen LogP contribution >= 0.6 is 23.4 Å². The first-order chi connectivity index (χ1) is 13.9. The Bertz CT molecular complexity index is 1050. The van der Waals surface area contributed by atoms with E-state index in [1.54, 1.807) is 48.5 Å². The molecule has 0 saturated heterocycles. The number of esters is 1. The van der Waals surface area contributed by atoms with Crippen molar-refractivity contribution < 1.29 is 24.5 Å². The number of carbonyl (C=O) groups is 1. The molecule has 1 aliphatic heterocycles. The van der Waals surface area contributed by atoms with E-state index in [0.717, 1.165) is 11.8 Å². The molecule has 150 valence electrons. The lowest BCUT2D eigenvalue weighted by molar-refractivity contribution is -0.135. The fourth-order valence-electron chi connectivity index (χ4n) is 2.62. The molecule has 2 aromatic rings. The van der Waals surface area contributed by atoms with Gasteiger partial charge in [0, 0.05) is 10.6 Å². The third-order valence-corrected chi connectivity index (χ3v) is 5.19. The molecule has 0 bridgehead atoms. The summed E-state index contributed by atoms with van der Waals surface area (Å²) in [4.78, 5) is 17.0. The van der Waals surface area contributed by atoms with Crippen LogP contribution in [-0.2, 0) is 9.53 Å². The van der Waals surface area contributed by atoms with Crippen LogP contribution in [-0.4, -0.2) is 34.9 Å². The van der Waals surface area contributed by atoms with Gasteiger partial charge in [-0.05, 0) is 37.3 Å². The van der Waals surface area contributed by atoms with Crippen molar-refractivity contribution in [1.29, 1.82) is 0 Å². The first-order valence-corrected chi connectivity index (χ1v) is 9.85. The molecular formula is C21H18ClNO5S. The third-order valence-electron chi connectivity index (χ3n) is 3.94. The van der Waals surface area contributed by atoms with E-state index in [0.29, 0.717) is 33.5 Å². The third kappa shape index (κ3) is 4.58. The van der Waals surface area contributed by atoms with Gasteiger partial charge in [-0.1, -0.05) is 41.6 Å². The molecule has 8 heteroatoms. The highest BCUT2D eigenvalue weighted by Crippen LogP contribution is 2.42. The number of benzene rings is 2. The number of aromatic hydroxyl groups is 1. The van der Waals surface area contributed by atoms with Crippen molar-refractivity contribution in [3.8, 4) is 11.5 Å². The summed E-state index contributed by atoms with van der Waals surface area (Å²) in [6, 6.07) is 11.8. The van der Waals surface area contributed by atoms with Gasteiger partial charge in [-0.25, -0.2) is 9.79 Å². The van der Waals surface area contributed by atoms with Gasteiger partial charge in [0.05, 0.1) is 24.3 Å². The number of nitrogens with zero attached hydrogens (tertiary/aromatic N) is 1. The van der Waals surface area contributed by atoms with Gasteiger partial charge in [-0.3, -0.25) is 0 Å². The number of halogens is 1. The molecule has 0 fully saturated rings. The molecule has 0 aromatic heterocycles. The van der Waals surface area contributed by atoms with E-state index in [9.17, 15) is 15.0 Å². The topological polar surface area (TPSA) is 88.4 Å². The van der Waals surface area contributed by atoms with Crippen LogP contribution in [0.1, 0.15) is 12.5 Å². The van der Waals surface area contributed by atoms with Gasteiger partial charge in [-0.2, -0.15) is 0 Å². The quantitative estimate of drug-likeness (QED) is 0.629. The zero-order valence-corrected chi connectivity index (χ0v) is 17.3. The molecule has 0 unspecified atom stereocenters. The van der Waals surface area contributed by atoms with Crippen LogP contribution in [0.5, 0.6) is 11.5 Å². The van der Waals surface area contributed by atoms with Crippen LogP contribution in [0.25, 0.3) is 6.08 Å². The number of ether oxygens (including phenoxy) is 2. The molecule has 2 N–H and O–H groups in total. The Labute approximate surface area is 177 Å². The minimum Gasteiger partial charge on any atom is -0.506 e. The van der Waals surface area contributed by atoms with E-state index in [4.69, 9.17) is 21.1 Å². The number of para-hydroxylation sites is 1. The molecule has 0 radical (unpaired) electrons. The number of aliphatic hydroxyl groups excluding tert-OH is 1. The summed E-state index contributed by atoms with van der Waals surface area (Å²) < 4.78 is 10.2. The molecule has 0 atom stereocenters. The van der Waals surface area contributed by atoms with Gasteiger partial charge in [0.1, 0.15) is 16.4 Å². The van der Waals surface area contributed by atoms with E-state index in [-0.39, 0.29) is 22.1 Å². The van der Waals surface area contributed by atoms with Gasteiger partial charge in [0.25, 0.3) is 0 Å². The number of aliphatic imine (C=N–C) groups is 1. The van der Waals surface area contributed by atoms with Crippen molar-refractivity contribution in [3.63, 3.8) is 0 Å². The molecule has 0 spiro atoms. The van der Waals surface area contributed by atoms with Gasteiger partial charge < -0.3 is 19.7 Å². The van der Waals surface area contributed by atoms with E-state index in [1.807, 2.05) is 6.92 Å². The number of hydrogen-bond acceptors (Lipinski definition) is 7. The zero-order valence-electron chi connectivity index (χ0n) is 15.7. The predicted octanol–water partition coefficient (Wildman–Crippen LogP) is 5.25. The number of phenols is 1. The van der Waals surface area contributed by atoms with Crippen LogP contribution < -0.4 is 4.74 Å². The SMILES string of the molecule is CCOc1cccc(C=C2SC(=Nc3cccc(Cl)c3)C(C(=O)OC)=C2O)c1O. The van der Waals surface area contributed by atoms with Crippen molar-refractivity contribution in [2.75, 3.05) is 13.7 Å². The molecular weight excluding hydrogens is 414 g/mol. The van der Waals surface area contributed by atoms with Gasteiger partial charge in [0.15, 0.2) is 11.5 Å². The van der Waals surface area contributed by atoms with Crippen LogP contribution in [0.2, 0.25) is 5.02 Å². The largest absolute Gasteiger partial charge is 0.506 e. The summed E-state index contributed by atoms with van der Waals surface area (Å²) in [5.41, 5.74) is 0.902. The van der Waals surface area contributed by atoms with E-state index in [2.05, 4.69) is 4.99 Å². The molecule has 0 saturated carbocycles. The minimum absolute atomic E-state index is 0.0517. The number of rotatable bonds is 5. The Balaban J connectivity index is 2.06. The second kappa shape index (κ2) is 9.07. The molecule has 1 heterocycles. The second-order valence-electron chi connectivity index (χ2n) is 5.85. The zero-order chi connectivity index (χ0) is 21.0. The molecule has 6 nitrogen and oxygen atoms in total. The number of carbonyl (C=O) groups excluding carboxylic acids is 1. The van der Waals surface area contributed by atoms with Gasteiger partial charge >= 0.3 is 5.97 Å². The maximum Gasteiger partial charge on any atom is 0.344 e. The summed E-state index contributed by atoms with van der Waals surface area (Å²) in [5.74, 6) is -0.722. The van der Waals surface area contributed by atoms with E-state index < -0.39 is 5.97 Å². The standard InChI is InChI=1S/C21H18ClNO5S/c1-3-28-15-9-4-6-12(18(15)24)10-16-19(25)17(21(26)27-2)20(29-16)23-14-8-5-7-13(22)11-14/h4-11,24-25H,3H2,1-2H3. The summed E-state index contributed by atoms with van der Waals surface area (Å²) >= 11 is 7.08. The highest BCUT2D eigenvalue weighted by molar-refractivity contribution is 8.18. The minimum atomic E-state index is -0.716. The summed E-state index contributed by atoms with van der Waals surface area (Å²) in [7, 11) is 1.23. The Morgan fingerprint density at radius 3 is 2.69 bits per heavy atom. The lowest BCUT2D eigenvalue weighted by Crippen LogP contribution is -2.10. The monoisotopic (exact) mass is 431 g/mol. The molecule has 0 aliphatic carbocycles. The highest BCUT2D eigenvalue weighted by atomic mass is 35.5. The Hall–Kier alpha value is -2.90.